The molecule has 0 radical (unpaired) electrons. The third kappa shape index (κ3) is 3.91. The van der Waals surface area contributed by atoms with Gasteiger partial charge >= 0.3 is 0 Å². The molecule has 0 aliphatic carbocycles. The molecule has 0 spiro atoms. The van der Waals surface area contributed by atoms with Gasteiger partial charge in [0.2, 0.25) is 0 Å². The molecule has 0 bridgehead atoms. The monoisotopic (exact) mass is 435 g/mol. The second-order valence-electron chi connectivity index (χ2n) is 7.07. The maximum absolute atomic E-state index is 14.8. The first-order valence-corrected chi connectivity index (χ1v) is 10.6. The van der Waals surface area contributed by atoms with Crippen molar-refractivity contribution in [2.45, 2.75) is 48.9 Å². The van der Waals surface area contributed by atoms with Crippen molar-refractivity contribution in [3.63, 3.8) is 0 Å². The van der Waals surface area contributed by atoms with E-state index < -0.39 is 23.3 Å². The van der Waals surface area contributed by atoms with Gasteiger partial charge in [0.1, 0.15) is 29.7 Å². The Labute approximate surface area is 177 Å². The van der Waals surface area contributed by atoms with E-state index >= 15 is 0 Å². The number of benzene rings is 2. The van der Waals surface area contributed by atoms with E-state index in [1.54, 1.807) is 22.5 Å². The highest BCUT2D eigenvalue weighted by Crippen LogP contribution is 2.59. The van der Waals surface area contributed by atoms with E-state index in [0.29, 0.717) is 10.3 Å². The second kappa shape index (κ2) is 8.05. The average Bonchev–Trinajstić information content (AvgIpc) is 3.24. The molecule has 0 N–H and O–H groups in total. The number of hydrogen-bond donors (Lipinski definition) is 0. The zero-order valence-electron chi connectivity index (χ0n) is 16.0. The predicted molar refractivity (Wildman–Crippen MR) is 109 cm³/mol. The molecule has 29 heavy (non-hydrogen) atoms. The van der Waals surface area contributed by atoms with Crippen molar-refractivity contribution in [2.75, 3.05) is 0 Å². The summed E-state index contributed by atoms with van der Waals surface area (Å²) in [5, 5.41) is 5.95. The predicted octanol–water partition coefficient (Wildman–Crippen LogP) is 5.77. The first-order valence-electron chi connectivity index (χ1n) is 9.37. The molecule has 2 aromatic carbocycles. The number of hydrogen-bond acceptors (Lipinski definition) is 4. The highest BCUT2D eigenvalue weighted by molar-refractivity contribution is 7.99. The molecule has 0 saturated carbocycles. The van der Waals surface area contributed by atoms with E-state index in [9.17, 15) is 8.78 Å². The van der Waals surface area contributed by atoms with Crippen molar-refractivity contribution in [3.8, 4) is 0 Å². The molecular weight excluding hydrogens is 416 g/mol. The summed E-state index contributed by atoms with van der Waals surface area (Å²) < 4.78 is 36.1. The molecule has 1 saturated heterocycles. The number of aromatic nitrogens is 3. The molecule has 4 rings (SSSR count). The van der Waals surface area contributed by atoms with E-state index in [0.717, 1.165) is 23.2 Å². The Morgan fingerprint density at radius 2 is 2.07 bits per heavy atom. The summed E-state index contributed by atoms with van der Waals surface area (Å²) in [4.78, 5) is 4.34. The number of rotatable bonds is 7. The first kappa shape index (κ1) is 20.3. The summed E-state index contributed by atoms with van der Waals surface area (Å²) in [7, 11) is 0. The number of thioether (sulfide) groups is 1. The van der Waals surface area contributed by atoms with Crippen LogP contribution in [0.1, 0.15) is 37.5 Å². The lowest BCUT2D eigenvalue weighted by atomic mass is 9.91. The van der Waals surface area contributed by atoms with E-state index in [1.807, 2.05) is 18.2 Å². The smallest absolute Gasteiger partial charge is 0.186 e. The van der Waals surface area contributed by atoms with Crippen LogP contribution in [-0.2, 0) is 16.9 Å². The molecule has 2 heterocycles. The maximum Gasteiger partial charge on any atom is 0.186 e. The van der Waals surface area contributed by atoms with Gasteiger partial charge in [-0.25, -0.2) is 18.4 Å². The SMILES string of the molecule is CCC(C)Sc1ncnn1C[C@]1(c2ccc(F)cc2F)O[C@H]1c1ccccc1Cl. The van der Waals surface area contributed by atoms with Crippen LogP contribution in [0.4, 0.5) is 8.78 Å². The molecule has 0 amide bonds. The minimum Gasteiger partial charge on any atom is -0.354 e. The molecule has 1 unspecified atom stereocenters. The van der Waals surface area contributed by atoms with Gasteiger partial charge < -0.3 is 4.74 Å². The molecule has 1 aliphatic rings. The standard InChI is InChI=1S/C21H20ClF2N3OS/c1-3-13(2)29-20-25-12-26-27(20)11-21(16-9-8-14(23)10-18(16)24)19(28-21)15-6-4-5-7-17(15)22/h4-10,12-13,19H,3,11H2,1-2H3/t13?,19-,21+/m0/s1. The Morgan fingerprint density at radius 1 is 1.28 bits per heavy atom. The van der Waals surface area contributed by atoms with Crippen LogP contribution >= 0.6 is 23.4 Å². The number of ether oxygens (including phenoxy) is 1. The van der Waals surface area contributed by atoms with Crippen LogP contribution in [0, 0.1) is 11.6 Å². The van der Waals surface area contributed by atoms with Gasteiger partial charge in [0.05, 0.1) is 6.54 Å². The van der Waals surface area contributed by atoms with Gasteiger partial charge in [-0.05, 0) is 18.6 Å². The van der Waals surface area contributed by atoms with Crippen molar-refractivity contribution in [3.05, 3.63) is 76.6 Å². The van der Waals surface area contributed by atoms with Crippen LogP contribution in [0.3, 0.4) is 0 Å². The zero-order valence-corrected chi connectivity index (χ0v) is 17.6. The topological polar surface area (TPSA) is 43.2 Å². The highest BCUT2D eigenvalue weighted by atomic mass is 35.5. The summed E-state index contributed by atoms with van der Waals surface area (Å²) in [6.07, 6.45) is 1.99. The Bertz CT molecular complexity index is 1030. The normalized spacial score (nSPS) is 21.9. The largest absolute Gasteiger partial charge is 0.354 e. The summed E-state index contributed by atoms with van der Waals surface area (Å²) >= 11 is 7.97. The van der Waals surface area contributed by atoms with Crippen molar-refractivity contribution in [1.82, 2.24) is 14.8 Å². The summed E-state index contributed by atoms with van der Waals surface area (Å²) in [6.45, 7) is 4.45. The van der Waals surface area contributed by atoms with Gasteiger partial charge in [0, 0.05) is 27.5 Å². The number of nitrogens with zero attached hydrogens (tertiary/aromatic N) is 3. The van der Waals surface area contributed by atoms with Crippen LogP contribution in [0.5, 0.6) is 0 Å². The Morgan fingerprint density at radius 3 is 2.79 bits per heavy atom. The fourth-order valence-corrected chi connectivity index (χ4v) is 4.46. The number of epoxide rings is 1. The molecule has 152 valence electrons. The molecule has 3 atom stereocenters. The van der Waals surface area contributed by atoms with Crippen molar-refractivity contribution in [2.24, 2.45) is 0 Å². The molecule has 3 aromatic rings. The maximum atomic E-state index is 14.8. The van der Waals surface area contributed by atoms with Crippen LogP contribution in [0.15, 0.2) is 53.9 Å². The van der Waals surface area contributed by atoms with Crippen molar-refractivity contribution >= 4 is 23.4 Å². The summed E-state index contributed by atoms with van der Waals surface area (Å²) in [5.41, 5.74) is -0.00530. The van der Waals surface area contributed by atoms with Crippen LogP contribution < -0.4 is 0 Å². The molecule has 1 aliphatic heterocycles. The minimum atomic E-state index is -1.04. The molecule has 8 heteroatoms. The quantitative estimate of drug-likeness (QED) is 0.349. The third-order valence-corrected chi connectivity index (χ3v) is 6.72. The molecule has 4 nitrogen and oxygen atoms in total. The van der Waals surface area contributed by atoms with E-state index in [2.05, 4.69) is 23.9 Å². The van der Waals surface area contributed by atoms with Crippen LogP contribution in [-0.4, -0.2) is 20.0 Å². The van der Waals surface area contributed by atoms with Gasteiger partial charge in [-0.2, -0.15) is 5.10 Å². The van der Waals surface area contributed by atoms with Gasteiger partial charge in [0.25, 0.3) is 0 Å². The second-order valence-corrected chi connectivity index (χ2v) is 8.88. The Balaban J connectivity index is 1.74. The van der Waals surface area contributed by atoms with Gasteiger partial charge in [0.15, 0.2) is 5.16 Å². The van der Waals surface area contributed by atoms with E-state index in [4.69, 9.17) is 16.3 Å². The van der Waals surface area contributed by atoms with Crippen molar-refractivity contribution < 1.29 is 13.5 Å². The van der Waals surface area contributed by atoms with E-state index in [-0.39, 0.29) is 12.1 Å². The lowest BCUT2D eigenvalue weighted by Gasteiger charge is -2.17. The van der Waals surface area contributed by atoms with Gasteiger partial charge in [-0.3, -0.25) is 0 Å². The van der Waals surface area contributed by atoms with Crippen LogP contribution in [0.2, 0.25) is 5.02 Å². The summed E-state index contributed by atoms with van der Waals surface area (Å²) in [5.74, 6) is -1.29. The average molecular weight is 436 g/mol. The lowest BCUT2D eigenvalue weighted by Crippen LogP contribution is -2.22. The molecular formula is C21H20ClF2N3OS. The Hall–Kier alpha value is -1.96. The molecule has 1 aromatic heterocycles. The fourth-order valence-electron chi connectivity index (χ4n) is 3.36. The van der Waals surface area contributed by atoms with Gasteiger partial charge in [-0.1, -0.05) is 61.5 Å². The lowest BCUT2D eigenvalue weighted by molar-refractivity contribution is 0.250. The minimum absolute atomic E-state index is 0.240. The summed E-state index contributed by atoms with van der Waals surface area (Å²) in [6, 6.07) is 10.8. The van der Waals surface area contributed by atoms with Crippen molar-refractivity contribution in [1.29, 1.82) is 0 Å². The number of halogens is 3. The Kier molecular flexibility index (Phi) is 5.64. The fraction of sp³-hybridized carbons (Fsp3) is 0.333. The van der Waals surface area contributed by atoms with E-state index in [1.165, 1.54) is 18.5 Å². The van der Waals surface area contributed by atoms with Crippen LogP contribution in [0.25, 0.3) is 0 Å². The highest BCUT2D eigenvalue weighted by Gasteiger charge is 2.61. The van der Waals surface area contributed by atoms with Gasteiger partial charge in [-0.15, -0.1) is 0 Å². The molecule has 1 fully saturated rings. The zero-order chi connectivity index (χ0) is 20.6. The first-order chi connectivity index (χ1) is 13.9. The third-order valence-electron chi connectivity index (χ3n) is 5.12.